The highest BCUT2D eigenvalue weighted by atomic mass is 16.4. The number of fused-ring (bicyclic) bond motifs is 1. The van der Waals surface area contributed by atoms with Gasteiger partial charge in [-0.1, -0.05) is 71.9 Å². The summed E-state index contributed by atoms with van der Waals surface area (Å²) in [5.74, 6) is -8.37. The zero-order chi connectivity index (χ0) is 59.6. The number of aromatic hydroxyl groups is 1. The van der Waals surface area contributed by atoms with Gasteiger partial charge in [0.05, 0.1) is 6.04 Å². The van der Waals surface area contributed by atoms with E-state index >= 15 is 0 Å². The molecule has 1 aromatic heterocycles. The number of amides is 7. The maximum absolute atomic E-state index is 14.6. The third-order valence-corrected chi connectivity index (χ3v) is 13.1. The Morgan fingerprint density at radius 2 is 1.04 bits per heavy atom. The minimum absolute atomic E-state index is 0.0306. The number of unbranched alkanes of at least 4 members (excludes halogenated alkanes) is 1. The molecule has 0 saturated carbocycles. The molecule has 7 amide bonds. The number of aliphatic carboxylic acids is 1. The highest BCUT2D eigenvalue weighted by Gasteiger charge is 2.36. The number of nitrogens with one attached hydrogen (secondary N) is 12. The first-order valence-electron chi connectivity index (χ1n) is 27.1. The maximum Gasteiger partial charge on any atom is 0.326 e. The number of hydrogen-bond acceptors (Lipinski definition) is 13. The number of carbonyl (C=O) groups is 8. The van der Waals surface area contributed by atoms with E-state index in [-0.39, 0.29) is 101 Å². The van der Waals surface area contributed by atoms with Gasteiger partial charge in [0.25, 0.3) is 0 Å². The second-order valence-corrected chi connectivity index (χ2v) is 21.0. The van der Waals surface area contributed by atoms with Crippen molar-refractivity contribution in [3.63, 3.8) is 0 Å². The summed E-state index contributed by atoms with van der Waals surface area (Å²) in [4.78, 5) is 115. The van der Waals surface area contributed by atoms with Gasteiger partial charge in [0.15, 0.2) is 11.9 Å². The first kappa shape index (κ1) is 66.3. The quantitative estimate of drug-likeness (QED) is 0.0200. The van der Waals surface area contributed by atoms with Crippen molar-refractivity contribution in [1.82, 2.24) is 52.8 Å². The van der Waals surface area contributed by atoms with Crippen molar-refractivity contribution in [2.45, 2.75) is 154 Å². The van der Waals surface area contributed by atoms with Crippen LogP contribution in [-0.4, -0.2) is 142 Å². The topological polar surface area (TPSA) is 453 Å². The number of aromatic nitrogens is 1. The van der Waals surface area contributed by atoms with Gasteiger partial charge in [-0.05, 0) is 105 Å². The Morgan fingerprint density at radius 3 is 1.57 bits per heavy atom. The van der Waals surface area contributed by atoms with Crippen LogP contribution in [0.5, 0.6) is 5.75 Å². The number of phenolic OH excluding ortho intramolecular Hbond substituents is 1. The van der Waals surface area contributed by atoms with Crippen molar-refractivity contribution in [1.29, 1.82) is 10.8 Å². The van der Waals surface area contributed by atoms with E-state index < -0.39 is 102 Å². The Labute approximate surface area is 467 Å². The number of benzene rings is 2. The van der Waals surface area contributed by atoms with Gasteiger partial charge in [-0.2, -0.15) is 0 Å². The molecule has 26 heteroatoms. The van der Waals surface area contributed by atoms with E-state index in [9.17, 15) is 48.6 Å². The summed E-state index contributed by atoms with van der Waals surface area (Å²) in [6, 6.07) is 3.21. The molecule has 26 nitrogen and oxygen atoms in total. The van der Waals surface area contributed by atoms with E-state index in [2.05, 4.69) is 52.8 Å². The zero-order valence-electron chi connectivity index (χ0n) is 46.7. The molecular weight excluding hydrogens is 1030 g/mol. The van der Waals surface area contributed by atoms with E-state index in [0.717, 1.165) is 16.5 Å². The molecule has 3 aromatic rings. The Bertz CT molecular complexity index is 2560. The number of guanidine groups is 2. The lowest BCUT2D eigenvalue weighted by molar-refractivity contribution is -0.142. The van der Waals surface area contributed by atoms with Crippen LogP contribution in [0.3, 0.4) is 0 Å². The number of aromatic amines is 1. The monoisotopic (exact) mass is 1120 g/mol. The zero-order valence-corrected chi connectivity index (χ0v) is 46.7. The number of carbonyl (C=O) groups excluding carboxylic acids is 7. The Morgan fingerprint density at radius 1 is 0.562 bits per heavy atom. The van der Waals surface area contributed by atoms with Gasteiger partial charge in [-0.3, -0.25) is 44.4 Å². The summed E-state index contributed by atoms with van der Waals surface area (Å²) in [5, 5.41) is 59.9. The lowest BCUT2D eigenvalue weighted by Crippen LogP contribution is -2.61. The predicted octanol–water partition coefficient (Wildman–Crippen LogP) is -0.522. The van der Waals surface area contributed by atoms with Gasteiger partial charge in [-0.15, -0.1) is 0 Å². The standard InChI is InChI=1S/C54H86N16O10/c1-29(2)25-40(47(74)65-38(16-11-23-61-53(57)58)45(72)64-37(15-9-10-22-55)46(73)66-39(52(79)80)17-12-24-62-54(59)60)67-48(75)41(26-32-18-20-34(71)21-19-32)69-51(78)44(31(5)6)70-49(76)42(68-50(77)43(56)30(3)4)27-33-28-63-36-14-8-7-13-35(33)36/h7-8,13-14,18-21,28-31,37-44,63,71H,9-12,15-17,22-27,55-56H2,1-6H3,(H,64,72)(H,65,74)(H,66,73)(H,67,75)(H,68,77)(H,69,78)(H,70,76)(H,79,80)(H4,57,58,61)(H4,59,60,62)/t37-,38-,39-,40-,41-,42-,43-,44-/m0/s1. The molecule has 0 bridgehead atoms. The molecule has 8 atom stereocenters. The molecule has 0 aliphatic heterocycles. The van der Waals surface area contributed by atoms with E-state index in [4.69, 9.17) is 33.8 Å². The second-order valence-electron chi connectivity index (χ2n) is 21.0. The summed E-state index contributed by atoms with van der Waals surface area (Å²) >= 11 is 0. The van der Waals surface area contributed by atoms with E-state index in [1.54, 1.807) is 59.9 Å². The maximum atomic E-state index is 14.6. The number of hydrogen-bond donors (Lipinski definition) is 18. The van der Waals surface area contributed by atoms with Crippen molar-refractivity contribution in [3.8, 4) is 5.75 Å². The molecule has 80 heavy (non-hydrogen) atoms. The largest absolute Gasteiger partial charge is 0.508 e. The van der Waals surface area contributed by atoms with Crippen molar-refractivity contribution in [2.75, 3.05) is 19.6 Å². The molecule has 0 saturated heterocycles. The highest BCUT2D eigenvalue weighted by molar-refractivity contribution is 5.98. The van der Waals surface area contributed by atoms with Gasteiger partial charge >= 0.3 is 5.97 Å². The van der Waals surface area contributed by atoms with Crippen LogP contribution in [0.2, 0.25) is 0 Å². The first-order chi connectivity index (χ1) is 37.8. The van der Waals surface area contributed by atoms with Crippen LogP contribution in [0.25, 0.3) is 10.9 Å². The number of rotatable bonds is 35. The Kier molecular flexibility index (Phi) is 27.7. The number of carboxylic acid groups (broad SMARTS) is 1. The second kappa shape index (κ2) is 33.4. The molecule has 0 aliphatic carbocycles. The van der Waals surface area contributed by atoms with Gasteiger partial charge in [0.2, 0.25) is 41.4 Å². The van der Waals surface area contributed by atoms with Gasteiger partial charge < -0.3 is 86.0 Å². The average molecular weight is 1120 g/mol. The number of H-pyrrole nitrogens is 1. The number of nitrogens with two attached hydrogens (primary N) is 4. The van der Waals surface area contributed by atoms with Crippen LogP contribution >= 0.6 is 0 Å². The SMILES string of the molecule is CC(C)C[C@H](NC(=O)[C@H](Cc1ccc(O)cc1)NC(=O)[C@@H](NC(=O)[C@H](Cc1c[nH]c2ccccc12)NC(=O)[C@@H](N)C(C)C)C(C)C)C(=O)N[C@@H](CCCNC(=N)N)C(=O)N[C@@H](CCCCN)C(=O)N[C@@H](CCCNC(=N)N)C(=O)O. The van der Waals surface area contributed by atoms with Crippen molar-refractivity contribution in [2.24, 2.45) is 40.7 Å². The summed E-state index contributed by atoms with van der Waals surface area (Å²) in [7, 11) is 0. The van der Waals surface area contributed by atoms with Crippen LogP contribution in [0.1, 0.15) is 104 Å². The predicted molar refractivity (Wildman–Crippen MR) is 303 cm³/mol. The number of para-hydroxylation sites is 1. The lowest BCUT2D eigenvalue weighted by atomic mass is 9.98. The lowest BCUT2D eigenvalue weighted by Gasteiger charge is -2.29. The van der Waals surface area contributed by atoms with Gasteiger partial charge in [0.1, 0.15) is 48.0 Å². The summed E-state index contributed by atoms with van der Waals surface area (Å²) in [5.41, 5.74) is 24.8. The fraction of sp³-hybridized carbons (Fsp3) is 0.556. The van der Waals surface area contributed by atoms with Crippen molar-refractivity contribution < 1.29 is 48.6 Å². The van der Waals surface area contributed by atoms with Crippen LogP contribution in [-0.2, 0) is 51.2 Å². The molecule has 3 rings (SSSR count). The van der Waals surface area contributed by atoms with Crippen LogP contribution in [0.15, 0.2) is 54.7 Å². The van der Waals surface area contributed by atoms with Crippen molar-refractivity contribution >= 4 is 70.1 Å². The molecule has 0 radical (unpaired) electrons. The molecule has 1 heterocycles. The fourth-order valence-corrected chi connectivity index (χ4v) is 8.57. The van der Waals surface area contributed by atoms with Crippen LogP contribution in [0, 0.1) is 28.6 Å². The fourth-order valence-electron chi connectivity index (χ4n) is 8.57. The number of carboxylic acids is 1. The molecule has 442 valence electrons. The van der Waals surface area contributed by atoms with E-state index in [0.29, 0.717) is 18.4 Å². The first-order valence-corrected chi connectivity index (χ1v) is 27.1. The van der Waals surface area contributed by atoms with Crippen LogP contribution in [0.4, 0.5) is 0 Å². The molecule has 22 N–H and O–H groups in total. The molecule has 0 spiro atoms. The third kappa shape index (κ3) is 22.8. The average Bonchev–Trinajstić information content (AvgIpc) is 3.80. The third-order valence-electron chi connectivity index (χ3n) is 13.1. The highest BCUT2D eigenvalue weighted by Crippen LogP contribution is 2.20. The smallest absolute Gasteiger partial charge is 0.326 e. The normalized spacial score (nSPS) is 14.3. The van der Waals surface area contributed by atoms with Gasteiger partial charge in [-0.25, -0.2) is 4.79 Å². The molecule has 0 fully saturated rings. The van der Waals surface area contributed by atoms with E-state index in [1.807, 2.05) is 24.3 Å². The summed E-state index contributed by atoms with van der Waals surface area (Å²) < 4.78 is 0. The van der Waals surface area contributed by atoms with Gasteiger partial charge in [0, 0.05) is 43.0 Å². The van der Waals surface area contributed by atoms with Crippen molar-refractivity contribution in [3.05, 3.63) is 65.9 Å². The molecule has 2 aromatic carbocycles. The minimum atomic E-state index is -1.40. The van der Waals surface area contributed by atoms with Crippen LogP contribution < -0.4 is 70.8 Å². The van der Waals surface area contributed by atoms with E-state index in [1.165, 1.54) is 12.1 Å². The number of phenols is 1. The Balaban J connectivity index is 1.96. The Hall–Kier alpha value is -8.00. The molecule has 0 unspecified atom stereocenters. The minimum Gasteiger partial charge on any atom is -0.508 e. The summed E-state index contributed by atoms with van der Waals surface area (Å²) in [6.07, 6.45) is 2.84. The molecule has 0 aliphatic rings. The molecular formula is C54H86N16O10. The summed E-state index contributed by atoms with van der Waals surface area (Å²) in [6.45, 7) is 11.1.